The van der Waals surface area contributed by atoms with E-state index in [4.69, 9.17) is 40.4 Å². The maximum Gasteiger partial charge on any atom is 0.404 e. The van der Waals surface area contributed by atoms with E-state index in [0.29, 0.717) is 19.8 Å². The van der Waals surface area contributed by atoms with Gasteiger partial charge in [0.2, 0.25) is 5.91 Å². The molecule has 0 saturated heterocycles. The van der Waals surface area contributed by atoms with Gasteiger partial charge in [0.15, 0.2) is 0 Å². The molecule has 9 N–H and O–H groups in total. The lowest BCUT2D eigenvalue weighted by atomic mass is 10.5. The van der Waals surface area contributed by atoms with E-state index >= 15 is 0 Å². The molecule has 2 unspecified atom stereocenters. The molecule has 0 saturated carbocycles. The van der Waals surface area contributed by atoms with Crippen LogP contribution in [-0.4, -0.2) is 106 Å². The van der Waals surface area contributed by atoms with Crippen LogP contribution >= 0.6 is 15.3 Å². The van der Waals surface area contributed by atoms with Crippen molar-refractivity contribution in [3.05, 3.63) is 0 Å². The highest BCUT2D eigenvalue weighted by atomic mass is 31.2. The molecule has 0 aromatic rings. The second-order valence-corrected chi connectivity index (χ2v) is 13.5. The maximum atomic E-state index is 11.2. The minimum absolute atomic E-state index is 0. The number of hydrogen-bond donors (Lipinski definition) is 5. The fourth-order valence-corrected chi connectivity index (χ4v) is 3.05. The van der Waals surface area contributed by atoms with Crippen molar-refractivity contribution >= 4 is 27.3 Å². The van der Waals surface area contributed by atoms with Crippen LogP contribution in [0.25, 0.3) is 0 Å². The highest BCUT2D eigenvalue weighted by Crippen LogP contribution is 2.41. The Balaban J connectivity index is -0.0000000666. The lowest BCUT2D eigenvalue weighted by Crippen LogP contribution is -2.19. The van der Waals surface area contributed by atoms with Crippen molar-refractivity contribution in [2.24, 2.45) is 22.5 Å². The van der Waals surface area contributed by atoms with E-state index in [0.717, 1.165) is 13.0 Å². The summed E-state index contributed by atoms with van der Waals surface area (Å²) in [6, 6.07) is 0. The molecule has 0 aromatic carbocycles. The molecule has 0 aliphatic heterocycles. The standard InChI is InChI=1S/C8H17NO4.2C5H15N2O2P.C3H8O.C2H5NO.2C2H6.CH4/c1-2-3-11-4-5-12-6-7-13-8(9)10;2*1-5(2)9-10(6,8)7(3)4;1-3(2)4;1-2(3)4;2*1-2;/h2-7H2,1H3,(H2,9,10);2*5H,1-4H3,(H2,6,8);3-4H,1-2H3;1H3,(H2,3,4);2*1-2H3;1H4. The van der Waals surface area contributed by atoms with E-state index in [1.54, 1.807) is 69.7 Å². The second kappa shape index (κ2) is 43.8. The summed E-state index contributed by atoms with van der Waals surface area (Å²) in [6.07, 6.45) is -0.132. The molecule has 0 aliphatic rings. The molecule has 288 valence electrons. The van der Waals surface area contributed by atoms with Crippen LogP contribution in [-0.2, 0) is 37.2 Å². The normalized spacial score (nSPS) is 12.2. The third kappa shape index (κ3) is 78.9. The fourth-order valence-electron chi connectivity index (χ4n) is 1.46. The molecule has 0 aliphatic carbocycles. The highest BCUT2D eigenvalue weighted by Gasteiger charge is 2.21. The Hall–Kier alpha value is -1.16. The molecule has 0 heterocycles. The number of nitrogens with two attached hydrogens (primary N) is 4. The minimum Gasteiger partial charge on any atom is -0.447 e. The molecule has 0 bridgehead atoms. The zero-order valence-corrected chi connectivity index (χ0v) is 33.0. The van der Waals surface area contributed by atoms with Gasteiger partial charge in [-0.15, -0.1) is 0 Å². The van der Waals surface area contributed by atoms with Crippen LogP contribution in [0.3, 0.4) is 0 Å². The van der Waals surface area contributed by atoms with Gasteiger partial charge in [0.1, 0.15) is 6.61 Å². The fraction of sp³-hybridized carbons (Fsp3) is 0.929. The Labute approximate surface area is 282 Å². The number of carbonyl (C=O) groups excluding carboxylic acids is 2. The molecule has 0 rings (SSSR count). The van der Waals surface area contributed by atoms with Gasteiger partial charge in [-0.1, -0.05) is 42.0 Å². The highest BCUT2D eigenvalue weighted by molar-refractivity contribution is 7.54. The van der Waals surface area contributed by atoms with Gasteiger partial charge in [-0.3, -0.25) is 13.9 Å². The van der Waals surface area contributed by atoms with Crippen LogP contribution < -0.4 is 22.5 Å². The Morgan fingerprint density at radius 2 is 0.935 bits per heavy atom. The van der Waals surface area contributed by atoms with Gasteiger partial charge < -0.3 is 39.8 Å². The molecule has 16 nitrogen and oxygen atoms in total. The molecule has 0 spiro atoms. The molecule has 2 amide bonds. The van der Waals surface area contributed by atoms with E-state index in [1.165, 1.54) is 16.3 Å². The first-order chi connectivity index (χ1) is 20.5. The average Bonchev–Trinajstić information content (AvgIpc) is 2.86. The number of primary amides is 2. The number of aliphatic hydroxyl groups excluding tert-OH is 1. The Morgan fingerprint density at radius 1 is 0.696 bits per heavy atom. The van der Waals surface area contributed by atoms with E-state index in [2.05, 4.69) is 10.5 Å². The predicted octanol–water partition coefficient (Wildman–Crippen LogP) is 5.17. The topological polar surface area (TPSA) is 245 Å². The molecule has 0 aromatic heterocycles. The summed E-state index contributed by atoms with van der Waals surface area (Å²) in [6.45, 7) is 24.4. The zero-order valence-electron chi connectivity index (χ0n) is 31.2. The number of aliphatic hydroxyl groups is 1. The van der Waals surface area contributed by atoms with Crippen molar-refractivity contribution in [2.45, 2.75) is 115 Å². The van der Waals surface area contributed by atoms with Crippen molar-refractivity contribution in [3.8, 4) is 0 Å². The molecule has 18 heteroatoms. The van der Waals surface area contributed by atoms with E-state index in [9.17, 15) is 18.7 Å². The average molecular weight is 719 g/mol. The summed E-state index contributed by atoms with van der Waals surface area (Å²) in [4.78, 5) is 19.3. The van der Waals surface area contributed by atoms with Crippen molar-refractivity contribution in [1.29, 1.82) is 0 Å². The quantitative estimate of drug-likeness (QED) is 0.115. The van der Waals surface area contributed by atoms with E-state index in [1.807, 2.05) is 34.6 Å². The number of carbonyl (C=O) groups is 2. The summed E-state index contributed by atoms with van der Waals surface area (Å²) in [5.74, 6) is -0.333. The van der Waals surface area contributed by atoms with Crippen LogP contribution in [0.5, 0.6) is 0 Å². The minimum atomic E-state index is -2.99. The monoisotopic (exact) mass is 719 g/mol. The van der Waals surface area contributed by atoms with Gasteiger partial charge in [0, 0.05) is 19.6 Å². The largest absolute Gasteiger partial charge is 0.447 e. The number of nitrogens with zero attached hydrogens (tertiary/aromatic N) is 2. The summed E-state index contributed by atoms with van der Waals surface area (Å²) < 4.78 is 49.8. The predicted molar refractivity (Wildman–Crippen MR) is 193 cm³/mol. The third-order valence-electron chi connectivity index (χ3n) is 3.03. The number of rotatable bonds is 14. The van der Waals surface area contributed by atoms with Gasteiger partial charge >= 0.3 is 21.4 Å². The van der Waals surface area contributed by atoms with Gasteiger partial charge in [-0.05, 0) is 76.2 Å². The van der Waals surface area contributed by atoms with Gasteiger partial charge in [0.05, 0.1) is 32.0 Å². The summed E-state index contributed by atoms with van der Waals surface area (Å²) >= 11 is 0. The molecule has 0 fully saturated rings. The van der Waals surface area contributed by atoms with E-state index < -0.39 is 21.4 Å². The molecule has 0 radical (unpaired) electrons. The summed E-state index contributed by atoms with van der Waals surface area (Å²) in [5, 5.41) is 8.06. The van der Waals surface area contributed by atoms with Gasteiger partial charge in [-0.2, -0.15) is 0 Å². The van der Waals surface area contributed by atoms with Crippen LogP contribution in [0.1, 0.15) is 96.9 Å². The Kier molecular flexibility index (Phi) is 60.5. The number of amides is 2. The van der Waals surface area contributed by atoms with Crippen molar-refractivity contribution in [3.63, 3.8) is 0 Å². The summed E-state index contributed by atoms with van der Waals surface area (Å²) in [7, 11) is 0.538. The first-order valence-electron chi connectivity index (χ1n) is 15.0. The second-order valence-electron chi connectivity index (χ2n) is 9.23. The Morgan fingerprint density at radius 3 is 1.11 bits per heavy atom. The maximum absolute atomic E-state index is 11.2. The lowest BCUT2D eigenvalue weighted by Gasteiger charge is -2.21. The smallest absolute Gasteiger partial charge is 0.404 e. The molecular formula is C28H76N6O10P2. The van der Waals surface area contributed by atoms with Crippen molar-refractivity contribution in [2.75, 3.05) is 61.2 Å². The van der Waals surface area contributed by atoms with Gasteiger partial charge in [-0.25, -0.2) is 25.1 Å². The van der Waals surface area contributed by atoms with Crippen molar-refractivity contribution in [1.82, 2.24) is 9.34 Å². The lowest BCUT2D eigenvalue weighted by molar-refractivity contribution is -0.115. The number of ether oxygens (including phenoxy) is 3. The van der Waals surface area contributed by atoms with Crippen molar-refractivity contribution < 1.29 is 47.1 Å². The molecular weight excluding hydrogens is 642 g/mol. The molecule has 46 heavy (non-hydrogen) atoms. The summed E-state index contributed by atoms with van der Waals surface area (Å²) in [5.41, 5.74) is 19.8. The van der Waals surface area contributed by atoms with Crippen LogP contribution in [0.15, 0.2) is 0 Å². The Bertz CT molecular complexity index is 678. The van der Waals surface area contributed by atoms with Crippen LogP contribution in [0.4, 0.5) is 4.79 Å². The third-order valence-corrected chi connectivity index (χ3v) is 6.71. The SMILES string of the molecule is C.CC.CC.CC(C)O.CC(C)OP(N)(=O)N(C)C.CC(C)OP(N)(=O)N(C)C.CC(N)=O.CCCOCCOCCOC(N)=O. The van der Waals surface area contributed by atoms with Crippen LogP contribution in [0, 0.1) is 0 Å². The first kappa shape index (κ1) is 63.5. The molecule has 2 atom stereocenters. The number of hydrogen-bond acceptors (Lipinski definition) is 10. The zero-order chi connectivity index (χ0) is 37.8. The van der Waals surface area contributed by atoms with Crippen LogP contribution in [0.2, 0.25) is 0 Å². The van der Waals surface area contributed by atoms with E-state index in [-0.39, 0.29) is 38.3 Å². The first-order valence-corrected chi connectivity index (χ1v) is 18.3. The van der Waals surface area contributed by atoms with Gasteiger partial charge in [0.25, 0.3) is 0 Å².